The van der Waals surface area contributed by atoms with Gasteiger partial charge in [-0.2, -0.15) is 0 Å². The van der Waals surface area contributed by atoms with Crippen molar-refractivity contribution in [1.82, 2.24) is 5.32 Å². The molecule has 4 fully saturated rings. The molecule has 4 saturated carbocycles. The molecule has 0 spiro atoms. The molecule has 4 nitrogen and oxygen atoms in total. The molecule has 0 heterocycles. The Labute approximate surface area is 276 Å². The molecule has 6 rings (SSSR count). The van der Waals surface area contributed by atoms with Crippen LogP contribution in [0.4, 0.5) is 0 Å². The van der Waals surface area contributed by atoms with Crippen LogP contribution in [0.3, 0.4) is 0 Å². The van der Waals surface area contributed by atoms with Crippen LogP contribution in [-0.2, 0) is 7.86 Å². The number of rotatable bonds is 7. The molecule has 0 aromatic carbocycles. The van der Waals surface area contributed by atoms with E-state index < -0.39 is 5.41 Å². The zero-order chi connectivity index (χ0) is 30.9. The smallest absolute Gasteiger partial charge is 0.321 e. The molecule has 1 unspecified atom stereocenters. The average molecular weight is 706 g/mol. The highest BCUT2D eigenvalue weighted by atomic mass is 127. The van der Waals surface area contributed by atoms with Gasteiger partial charge in [0.05, 0.1) is 5.41 Å². The van der Waals surface area contributed by atoms with E-state index in [0.29, 0.717) is 40.5 Å². The third-order valence-electron chi connectivity index (χ3n) is 15.7. The molecule has 242 valence electrons. The first-order chi connectivity index (χ1) is 20.4. The van der Waals surface area contributed by atoms with E-state index in [2.05, 4.69) is 59.0 Å². The van der Waals surface area contributed by atoms with Gasteiger partial charge in [-0.3, -0.25) is 4.79 Å². The second kappa shape index (κ2) is 11.4. The Kier molecular flexibility index (Phi) is 8.62. The lowest BCUT2D eigenvalue weighted by Gasteiger charge is -2.72. The summed E-state index contributed by atoms with van der Waals surface area (Å²) >= 11 is 1.72. The summed E-state index contributed by atoms with van der Waals surface area (Å²) < 4.78 is 5.18. The Morgan fingerprint density at radius 1 is 0.930 bits per heavy atom. The standard InChI is InChI=1S/C38H60INO3/c1-7-24-40-38-16-8-9-29(38)28-10-11-31-34(4)17-14-27(26-12-19-37(20-13-26,23-25-41)32(42)43-39)33(2,3)30(34)15-18-36(31,6)35(28,5)21-22-38/h12,14,28-31,40-41H,7-11,13,15-25H2,1-6H3/t28-,29-,30+,31-,34+,35-,36-,37?,38+/m1/s1. The van der Waals surface area contributed by atoms with Crippen LogP contribution in [0.15, 0.2) is 23.3 Å². The number of allylic oxidation sites excluding steroid dienone is 4. The van der Waals surface area contributed by atoms with E-state index in [0.717, 1.165) is 30.6 Å². The van der Waals surface area contributed by atoms with Crippen molar-refractivity contribution in [1.29, 1.82) is 0 Å². The average Bonchev–Trinajstić information content (AvgIpc) is 3.41. The SMILES string of the molecule is CCCN[C@]12CCC[C@@H]1[C@H]1CC[C@@H]3[C@@]4(C)CC=C(C5=CCC(CCO)(C(=O)OI)CC5)C(C)(C)[C@@H]4CC[C@@]3(C)[C@]1(C)CC2. The van der Waals surface area contributed by atoms with E-state index in [9.17, 15) is 9.90 Å². The lowest BCUT2D eigenvalue weighted by Crippen LogP contribution is -2.67. The van der Waals surface area contributed by atoms with Crippen LogP contribution in [0.1, 0.15) is 138 Å². The molecule has 2 N–H and O–H groups in total. The fourth-order valence-electron chi connectivity index (χ4n) is 13.4. The van der Waals surface area contributed by atoms with E-state index in [4.69, 9.17) is 3.07 Å². The van der Waals surface area contributed by atoms with E-state index in [1.807, 2.05) is 0 Å². The molecular formula is C38H60INO3. The monoisotopic (exact) mass is 705 g/mol. The van der Waals surface area contributed by atoms with Gasteiger partial charge in [0.25, 0.3) is 0 Å². The minimum atomic E-state index is -0.572. The van der Waals surface area contributed by atoms with Gasteiger partial charge in [-0.25, -0.2) is 0 Å². The van der Waals surface area contributed by atoms with E-state index in [1.54, 1.807) is 28.6 Å². The third-order valence-corrected chi connectivity index (χ3v) is 16.1. The van der Waals surface area contributed by atoms with Crippen LogP contribution in [0.5, 0.6) is 0 Å². The Balaban J connectivity index is 1.28. The number of hydrogen-bond acceptors (Lipinski definition) is 4. The lowest BCUT2D eigenvalue weighted by molar-refractivity contribution is -0.218. The molecule has 0 aromatic rings. The minimum Gasteiger partial charge on any atom is -0.396 e. The molecule has 6 aliphatic rings. The van der Waals surface area contributed by atoms with Crippen LogP contribution in [-0.4, -0.2) is 29.8 Å². The molecule has 0 radical (unpaired) electrons. The summed E-state index contributed by atoms with van der Waals surface area (Å²) in [4.78, 5) is 12.7. The molecular weight excluding hydrogens is 645 g/mol. The van der Waals surface area contributed by atoms with E-state index in [-0.39, 0.29) is 18.0 Å². The maximum absolute atomic E-state index is 12.7. The van der Waals surface area contributed by atoms with Gasteiger partial charge in [0, 0.05) is 12.1 Å². The fraction of sp³-hybridized carbons (Fsp3) is 0.868. The Morgan fingerprint density at radius 2 is 1.72 bits per heavy atom. The van der Waals surface area contributed by atoms with Crippen molar-refractivity contribution >= 4 is 29.0 Å². The van der Waals surface area contributed by atoms with Crippen molar-refractivity contribution in [2.45, 2.75) is 143 Å². The molecule has 6 aliphatic carbocycles. The number of halogens is 1. The summed E-state index contributed by atoms with van der Waals surface area (Å²) in [5.41, 5.74) is 4.16. The number of carbonyl (C=O) groups excluding carboxylic acids is 1. The van der Waals surface area contributed by atoms with Crippen molar-refractivity contribution in [3.63, 3.8) is 0 Å². The highest BCUT2D eigenvalue weighted by molar-refractivity contribution is 14.1. The lowest BCUT2D eigenvalue weighted by atomic mass is 9.33. The summed E-state index contributed by atoms with van der Waals surface area (Å²) in [6.45, 7) is 16.8. The van der Waals surface area contributed by atoms with Crippen molar-refractivity contribution in [2.75, 3.05) is 13.2 Å². The Hall–Kier alpha value is -0.400. The molecule has 0 saturated heterocycles. The van der Waals surface area contributed by atoms with Gasteiger partial charge in [0.1, 0.15) is 0 Å². The second-order valence-electron chi connectivity index (χ2n) is 17.3. The summed E-state index contributed by atoms with van der Waals surface area (Å²) in [6.07, 6.45) is 22.9. The number of nitrogens with one attached hydrogen (secondary N) is 1. The number of hydrogen-bond donors (Lipinski definition) is 2. The van der Waals surface area contributed by atoms with Crippen molar-refractivity contribution < 1.29 is 13.0 Å². The van der Waals surface area contributed by atoms with Crippen LogP contribution in [0.2, 0.25) is 0 Å². The summed E-state index contributed by atoms with van der Waals surface area (Å²) in [5, 5.41) is 13.9. The zero-order valence-corrected chi connectivity index (χ0v) is 30.3. The largest absolute Gasteiger partial charge is 0.396 e. The Bertz CT molecular complexity index is 1160. The van der Waals surface area contributed by atoms with Gasteiger partial charge >= 0.3 is 5.97 Å². The summed E-state index contributed by atoms with van der Waals surface area (Å²) in [6, 6.07) is 0. The van der Waals surface area contributed by atoms with Gasteiger partial charge in [-0.1, -0.05) is 60.1 Å². The van der Waals surface area contributed by atoms with E-state index >= 15 is 0 Å². The predicted octanol–water partition coefficient (Wildman–Crippen LogP) is 9.50. The predicted molar refractivity (Wildman–Crippen MR) is 184 cm³/mol. The van der Waals surface area contributed by atoms with Crippen molar-refractivity contribution in [3.05, 3.63) is 23.3 Å². The third kappa shape index (κ3) is 4.64. The summed E-state index contributed by atoms with van der Waals surface area (Å²) in [5.74, 6) is 3.04. The fourth-order valence-corrected chi connectivity index (χ4v) is 13.8. The number of carbonyl (C=O) groups is 1. The molecule has 0 bridgehead atoms. The van der Waals surface area contributed by atoms with Crippen LogP contribution < -0.4 is 5.32 Å². The highest BCUT2D eigenvalue weighted by Crippen LogP contribution is 2.76. The van der Waals surface area contributed by atoms with Gasteiger partial charge in [-0.15, -0.1) is 0 Å². The number of aliphatic hydroxyl groups excluding tert-OH is 1. The topological polar surface area (TPSA) is 58.6 Å². The van der Waals surface area contributed by atoms with E-state index in [1.165, 1.54) is 82.7 Å². The van der Waals surface area contributed by atoms with Gasteiger partial charge in [0.15, 0.2) is 23.0 Å². The molecule has 0 aliphatic heterocycles. The molecule has 43 heavy (non-hydrogen) atoms. The van der Waals surface area contributed by atoms with Gasteiger partial charge < -0.3 is 13.5 Å². The van der Waals surface area contributed by atoms with Crippen LogP contribution in [0.25, 0.3) is 0 Å². The van der Waals surface area contributed by atoms with Crippen molar-refractivity contribution in [2.24, 2.45) is 50.7 Å². The van der Waals surface area contributed by atoms with Gasteiger partial charge in [0.2, 0.25) is 0 Å². The number of fused-ring (bicyclic) bond motifs is 7. The second-order valence-corrected chi connectivity index (χ2v) is 17.8. The van der Waals surface area contributed by atoms with Crippen LogP contribution in [0, 0.1) is 50.7 Å². The summed E-state index contributed by atoms with van der Waals surface area (Å²) in [7, 11) is 0. The maximum atomic E-state index is 12.7. The quantitative estimate of drug-likeness (QED) is 0.259. The van der Waals surface area contributed by atoms with Crippen LogP contribution >= 0.6 is 23.0 Å². The first kappa shape index (κ1) is 32.5. The Morgan fingerprint density at radius 3 is 2.40 bits per heavy atom. The maximum Gasteiger partial charge on any atom is 0.321 e. The van der Waals surface area contributed by atoms with Crippen molar-refractivity contribution in [3.8, 4) is 0 Å². The first-order valence-corrected chi connectivity index (χ1v) is 18.8. The molecule has 9 atom stereocenters. The van der Waals surface area contributed by atoms with Gasteiger partial charge in [-0.05, 0) is 153 Å². The molecule has 5 heteroatoms. The first-order valence-electron chi connectivity index (χ1n) is 18.0. The highest BCUT2D eigenvalue weighted by Gasteiger charge is 2.69. The number of aliphatic hydroxyl groups is 1. The molecule has 0 amide bonds. The minimum absolute atomic E-state index is 0.0282. The zero-order valence-electron chi connectivity index (χ0n) is 28.1. The molecule has 0 aromatic heterocycles. The normalized spacial score (nSPS) is 46.9.